The van der Waals surface area contributed by atoms with Crippen molar-refractivity contribution >= 4 is 11.8 Å². The molecule has 0 rings (SSSR count). The number of hydrogen-bond acceptors (Lipinski definition) is 9. The number of carbonyl (C=O) groups is 2. The highest BCUT2D eigenvalue weighted by Gasteiger charge is 2.16. The molecule has 0 saturated heterocycles. The predicted molar refractivity (Wildman–Crippen MR) is 160 cm³/mol. The molecule has 0 heterocycles. The van der Waals surface area contributed by atoms with Gasteiger partial charge in [-0.3, -0.25) is 19.4 Å². The second kappa shape index (κ2) is 24.3. The fourth-order valence-electron chi connectivity index (χ4n) is 4.28. The normalized spacial score (nSPS) is 14.9. The third-order valence-corrected chi connectivity index (χ3v) is 7.11. The van der Waals surface area contributed by atoms with Crippen molar-refractivity contribution in [2.24, 2.45) is 0 Å². The van der Waals surface area contributed by atoms with Gasteiger partial charge in [-0.1, -0.05) is 34.6 Å². The van der Waals surface area contributed by atoms with Crippen LogP contribution in [0.3, 0.4) is 0 Å². The summed E-state index contributed by atoms with van der Waals surface area (Å²) in [5, 5.41) is 45.9. The molecule has 0 spiro atoms. The Morgan fingerprint density at radius 2 is 0.850 bits per heavy atom. The maximum atomic E-state index is 12.5. The first kappa shape index (κ1) is 38.7. The Hall–Kier alpha value is -1.34. The summed E-state index contributed by atoms with van der Waals surface area (Å²) in [6, 6.07) is 0. The van der Waals surface area contributed by atoms with E-state index in [9.17, 15) is 30.0 Å². The molecule has 6 N–H and O–H groups in total. The summed E-state index contributed by atoms with van der Waals surface area (Å²) in [4.78, 5) is 31.0. The number of rotatable bonds is 26. The van der Waals surface area contributed by atoms with E-state index in [-0.39, 0.29) is 11.8 Å². The van der Waals surface area contributed by atoms with Gasteiger partial charge in [0.05, 0.1) is 24.4 Å². The number of aliphatic hydroxyl groups excluding tert-OH is 4. The molecule has 4 atom stereocenters. The van der Waals surface area contributed by atoms with E-state index in [0.717, 1.165) is 13.0 Å². The van der Waals surface area contributed by atoms with Crippen LogP contribution in [0.25, 0.3) is 0 Å². The molecular weight excluding hydrogens is 514 g/mol. The Morgan fingerprint density at radius 1 is 0.525 bits per heavy atom. The highest BCUT2D eigenvalue weighted by Crippen LogP contribution is 2.03. The molecule has 0 aromatic heterocycles. The van der Waals surface area contributed by atoms with Crippen LogP contribution in [0.1, 0.15) is 79.6 Å². The van der Waals surface area contributed by atoms with Gasteiger partial charge in [-0.15, -0.1) is 0 Å². The lowest BCUT2D eigenvalue weighted by Crippen LogP contribution is -2.43. The van der Waals surface area contributed by atoms with Crippen molar-refractivity contribution in [3.63, 3.8) is 0 Å². The second-order valence-electron chi connectivity index (χ2n) is 10.8. The Kier molecular flexibility index (Phi) is 23.5. The fourth-order valence-corrected chi connectivity index (χ4v) is 4.28. The summed E-state index contributed by atoms with van der Waals surface area (Å²) in [6.07, 6.45) is 2.33. The number of nitrogens with one attached hydrogen (secondary N) is 2. The molecule has 11 heteroatoms. The number of hydrogen-bond donors (Lipinski definition) is 6. The molecule has 238 valence electrons. The van der Waals surface area contributed by atoms with Gasteiger partial charge in [0.2, 0.25) is 11.8 Å². The van der Waals surface area contributed by atoms with Crippen molar-refractivity contribution < 1.29 is 30.0 Å². The minimum atomic E-state index is -0.457. The van der Waals surface area contributed by atoms with Gasteiger partial charge in [0, 0.05) is 78.3 Å². The van der Waals surface area contributed by atoms with Crippen LogP contribution in [0.5, 0.6) is 0 Å². The third-order valence-electron chi connectivity index (χ3n) is 7.11. The van der Waals surface area contributed by atoms with Gasteiger partial charge in [-0.25, -0.2) is 0 Å². The summed E-state index contributed by atoms with van der Waals surface area (Å²) in [7, 11) is 0. The van der Waals surface area contributed by atoms with Gasteiger partial charge in [0.25, 0.3) is 0 Å². The van der Waals surface area contributed by atoms with Crippen molar-refractivity contribution in [3.8, 4) is 0 Å². The van der Waals surface area contributed by atoms with E-state index in [0.29, 0.717) is 104 Å². The first-order valence-corrected chi connectivity index (χ1v) is 15.5. The van der Waals surface area contributed by atoms with Crippen molar-refractivity contribution in [2.45, 2.75) is 104 Å². The van der Waals surface area contributed by atoms with Gasteiger partial charge in [0.15, 0.2) is 0 Å². The summed E-state index contributed by atoms with van der Waals surface area (Å²) >= 11 is 0. The lowest BCUT2D eigenvalue weighted by molar-refractivity contribution is -0.121. The average Bonchev–Trinajstić information content (AvgIpc) is 2.93. The van der Waals surface area contributed by atoms with Crippen LogP contribution in [0, 0.1) is 0 Å². The van der Waals surface area contributed by atoms with E-state index in [4.69, 9.17) is 0 Å². The van der Waals surface area contributed by atoms with E-state index >= 15 is 0 Å². The quantitative estimate of drug-likeness (QED) is 0.0862. The monoisotopic (exact) mass is 575 g/mol. The van der Waals surface area contributed by atoms with E-state index in [1.54, 1.807) is 0 Å². The van der Waals surface area contributed by atoms with Crippen molar-refractivity contribution in [3.05, 3.63) is 0 Å². The molecule has 40 heavy (non-hydrogen) atoms. The van der Waals surface area contributed by atoms with Gasteiger partial charge in [-0.2, -0.15) is 0 Å². The Morgan fingerprint density at radius 3 is 1.12 bits per heavy atom. The van der Waals surface area contributed by atoms with Crippen molar-refractivity contribution in [2.75, 3.05) is 72.0 Å². The molecule has 0 aromatic rings. The molecule has 2 amide bonds. The first-order chi connectivity index (χ1) is 19.1. The first-order valence-electron chi connectivity index (χ1n) is 15.5. The van der Waals surface area contributed by atoms with Gasteiger partial charge < -0.3 is 36.0 Å². The molecule has 0 aromatic carbocycles. The van der Waals surface area contributed by atoms with E-state index in [1.807, 2.05) is 37.5 Å². The number of aliphatic hydroxyl groups is 4. The van der Waals surface area contributed by atoms with Gasteiger partial charge >= 0.3 is 0 Å². The number of amides is 2. The highest BCUT2D eigenvalue weighted by atomic mass is 16.3. The van der Waals surface area contributed by atoms with Gasteiger partial charge in [-0.05, 0) is 38.6 Å². The van der Waals surface area contributed by atoms with E-state index in [2.05, 4.69) is 22.5 Å². The predicted octanol–water partition coefficient (Wildman–Crippen LogP) is 0.399. The van der Waals surface area contributed by atoms with E-state index in [1.165, 1.54) is 0 Å². The molecule has 0 bridgehead atoms. The minimum absolute atomic E-state index is 0.0544. The lowest BCUT2D eigenvalue weighted by Gasteiger charge is -2.27. The second-order valence-corrected chi connectivity index (χ2v) is 10.8. The minimum Gasteiger partial charge on any atom is -0.392 e. The Bertz CT molecular complexity index is 570. The molecule has 0 radical (unpaired) electrons. The van der Waals surface area contributed by atoms with Crippen LogP contribution in [0.4, 0.5) is 0 Å². The molecule has 0 fully saturated rings. The van der Waals surface area contributed by atoms with E-state index < -0.39 is 24.4 Å². The summed E-state index contributed by atoms with van der Waals surface area (Å²) in [5.41, 5.74) is 0. The average molecular weight is 576 g/mol. The SMILES string of the molecule is CCCN(CCC(=O)NCCN(CC(O)CC)CC(O)CC)CCC(=O)NCCN(CC(O)CC)CC(O)CC. The van der Waals surface area contributed by atoms with Crippen molar-refractivity contribution in [1.29, 1.82) is 0 Å². The highest BCUT2D eigenvalue weighted by molar-refractivity contribution is 5.76. The fraction of sp³-hybridized carbons (Fsp3) is 0.931. The summed E-state index contributed by atoms with van der Waals surface area (Å²) < 4.78 is 0. The zero-order valence-electron chi connectivity index (χ0n) is 26.0. The molecule has 0 aliphatic heterocycles. The standard InChI is InChI=1S/C29H61N5O6/c1-6-15-32(16-11-28(39)30-13-18-33(20-24(35)7-2)21-25(36)8-3)17-12-29(40)31-14-19-34(22-26(37)9-4)23-27(38)10-5/h24-27,35-38H,6-23H2,1-5H3,(H,30,39)(H,31,40). The molecule has 0 aliphatic carbocycles. The largest absolute Gasteiger partial charge is 0.392 e. The summed E-state index contributed by atoms with van der Waals surface area (Å²) in [5.74, 6) is -0.109. The molecular formula is C29H61N5O6. The zero-order chi connectivity index (χ0) is 30.3. The van der Waals surface area contributed by atoms with Gasteiger partial charge in [0.1, 0.15) is 0 Å². The third kappa shape index (κ3) is 20.5. The van der Waals surface area contributed by atoms with Crippen molar-refractivity contribution in [1.82, 2.24) is 25.3 Å². The molecule has 0 saturated carbocycles. The van der Waals surface area contributed by atoms with Crippen LogP contribution in [-0.2, 0) is 9.59 Å². The summed E-state index contributed by atoms with van der Waals surface area (Å²) in [6.45, 7) is 15.6. The maximum Gasteiger partial charge on any atom is 0.221 e. The number of nitrogens with zero attached hydrogens (tertiary/aromatic N) is 3. The van der Waals surface area contributed by atoms with Crippen LogP contribution in [-0.4, -0.2) is 143 Å². The molecule has 0 aliphatic rings. The molecule has 4 unspecified atom stereocenters. The maximum absolute atomic E-state index is 12.5. The zero-order valence-corrected chi connectivity index (χ0v) is 26.0. The van der Waals surface area contributed by atoms with Crippen LogP contribution < -0.4 is 10.6 Å². The Labute approximate surface area is 243 Å². The lowest BCUT2D eigenvalue weighted by atomic mass is 10.2. The van der Waals surface area contributed by atoms with Crippen LogP contribution >= 0.6 is 0 Å². The van der Waals surface area contributed by atoms with Crippen LogP contribution in [0.15, 0.2) is 0 Å². The Balaban J connectivity index is 4.47. The molecule has 11 nitrogen and oxygen atoms in total. The topological polar surface area (TPSA) is 149 Å². The number of carbonyl (C=O) groups excluding carboxylic acids is 2. The van der Waals surface area contributed by atoms with Crippen LogP contribution in [0.2, 0.25) is 0 Å². The smallest absolute Gasteiger partial charge is 0.221 e.